The Balaban J connectivity index is 2.07. The number of rotatable bonds is 8. The summed E-state index contributed by atoms with van der Waals surface area (Å²) in [5, 5.41) is 2.67. The Hall–Kier alpha value is -2.97. The van der Waals surface area contributed by atoms with E-state index in [2.05, 4.69) is 15.3 Å². The van der Waals surface area contributed by atoms with Gasteiger partial charge in [0, 0.05) is 35.4 Å². The molecule has 2 heterocycles. The van der Waals surface area contributed by atoms with Gasteiger partial charge in [0.25, 0.3) is 0 Å². The number of nitrogens with zero attached hydrogens (tertiary/aromatic N) is 2. The molecule has 0 saturated heterocycles. The highest BCUT2D eigenvalue weighted by molar-refractivity contribution is 5.98. The number of nitrogens with one attached hydrogen (secondary N) is 1. The molecule has 0 aromatic carbocycles. The fourth-order valence-electron chi connectivity index (χ4n) is 2.61. The first kappa shape index (κ1) is 23.3. The van der Waals surface area contributed by atoms with Gasteiger partial charge in [0.2, 0.25) is 11.8 Å². The Morgan fingerprint density at radius 1 is 1.10 bits per heavy atom. The molecule has 0 spiro atoms. The Bertz CT molecular complexity index is 927. The molecule has 0 radical (unpaired) electrons. The number of alkyl halides is 3. The van der Waals surface area contributed by atoms with Gasteiger partial charge >= 0.3 is 6.18 Å². The van der Waals surface area contributed by atoms with Gasteiger partial charge in [-0.25, -0.2) is 9.97 Å². The van der Waals surface area contributed by atoms with E-state index >= 15 is 0 Å². The molecular formula is C21H24F3N3O3. The minimum absolute atomic E-state index is 0.0934. The highest BCUT2D eigenvalue weighted by Crippen LogP contribution is 2.20. The number of halogens is 3. The maximum atomic E-state index is 12.6. The topological polar surface area (TPSA) is 81.2 Å². The molecule has 9 heteroatoms. The third-order valence-corrected chi connectivity index (χ3v) is 4.04. The van der Waals surface area contributed by atoms with E-state index in [-0.39, 0.29) is 36.3 Å². The van der Waals surface area contributed by atoms with Crippen LogP contribution in [0.25, 0.3) is 0 Å². The zero-order valence-electron chi connectivity index (χ0n) is 17.3. The molecule has 0 atom stereocenters. The van der Waals surface area contributed by atoms with Gasteiger partial charge in [-0.1, -0.05) is 13.8 Å². The summed E-state index contributed by atoms with van der Waals surface area (Å²) < 4.78 is 41.7. The van der Waals surface area contributed by atoms with Crippen LogP contribution in [0.2, 0.25) is 0 Å². The van der Waals surface area contributed by atoms with E-state index in [4.69, 9.17) is 4.74 Å². The molecule has 0 fully saturated rings. The van der Waals surface area contributed by atoms with E-state index in [9.17, 15) is 22.8 Å². The number of ketones is 1. The van der Waals surface area contributed by atoms with Crippen molar-refractivity contribution >= 4 is 17.5 Å². The van der Waals surface area contributed by atoms with Crippen molar-refractivity contribution in [1.82, 2.24) is 9.97 Å². The highest BCUT2D eigenvalue weighted by Gasteiger charge is 2.28. The maximum Gasteiger partial charge on any atom is 0.422 e. The summed E-state index contributed by atoms with van der Waals surface area (Å²) in [6.07, 6.45) is -4.13. The van der Waals surface area contributed by atoms with Crippen LogP contribution in [0.4, 0.5) is 19.0 Å². The van der Waals surface area contributed by atoms with Gasteiger partial charge in [-0.15, -0.1) is 0 Å². The zero-order valence-corrected chi connectivity index (χ0v) is 17.3. The van der Waals surface area contributed by atoms with Crippen molar-refractivity contribution in [2.75, 3.05) is 11.9 Å². The normalized spacial score (nSPS) is 11.5. The van der Waals surface area contributed by atoms with Gasteiger partial charge in [0.1, 0.15) is 5.82 Å². The Morgan fingerprint density at radius 2 is 1.80 bits per heavy atom. The second kappa shape index (κ2) is 9.69. The van der Waals surface area contributed by atoms with Crippen LogP contribution in [0, 0.1) is 19.8 Å². The first-order valence-corrected chi connectivity index (χ1v) is 9.43. The lowest BCUT2D eigenvalue weighted by Gasteiger charge is -2.11. The third-order valence-electron chi connectivity index (χ3n) is 4.04. The predicted molar refractivity (Wildman–Crippen MR) is 106 cm³/mol. The molecule has 6 nitrogen and oxygen atoms in total. The lowest BCUT2D eigenvalue weighted by molar-refractivity contribution is -0.154. The van der Waals surface area contributed by atoms with Crippen molar-refractivity contribution in [3.8, 4) is 5.88 Å². The average Bonchev–Trinajstić information content (AvgIpc) is 2.63. The number of carbonyl (C=O) groups is 2. The molecule has 2 aromatic heterocycles. The Morgan fingerprint density at radius 3 is 2.43 bits per heavy atom. The van der Waals surface area contributed by atoms with Crippen LogP contribution >= 0.6 is 0 Å². The predicted octanol–water partition coefficient (Wildman–Crippen LogP) is 4.44. The van der Waals surface area contributed by atoms with Crippen LogP contribution in [0.15, 0.2) is 24.3 Å². The van der Waals surface area contributed by atoms with Gasteiger partial charge in [0.05, 0.1) is 0 Å². The smallest absolute Gasteiger partial charge is 0.422 e. The van der Waals surface area contributed by atoms with E-state index in [0.717, 1.165) is 0 Å². The summed E-state index contributed by atoms with van der Waals surface area (Å²) in [4.78, 5) is 32.8. The monoisotopic (exact) mass is 423 g/mol. The fourth-order valence-corrected chi connectivity index (χ4v) is 2.61. The SMILES string of the molecule is Cc1cc(CCC(=O)c2cc(C)nc(NC(=O)C(C)C)c2)nc(OCC(F)(F)F)c1. The first-order chi connectivity index (χ1) is 13.9. The van der Waals surface area contributed by atoms with E-state index in [1.807, 2.05) is 0 Å². The minimum Gasteiger partial charge on any atom is -0.468 e. The number of carbonyl (C=O) groups excluding carboxylic acids is 2. The maximum absolute atomic E-state index is 12.6. The average molecular weight is 423 g/mol. The molecule has 2 rings (SSSR count). The van der Waals surface area contributed by atoms with Crippen LogP contribution in [-0.4, -0.2) is 34.4 Å². The van der Waals surface area contributed by atoms with Gasteiger partial charge in [-0.05, 0) is 44.0 Å². The number of Topliss-reactive ketones (excluding diaryl/α,β-unsaturated/α-hetero) is 1. The first-order valence-electron chi connectivity index (χ1n) is 9.43. The summed E-state index contributed by atoms with van der Waals surface area (Å²) >= 11 is 0. The zero-order chi connectivity index (χ0) is 22.5. The van der Waals surface area contributed by atoms with Crippen LogP contribution in [0.5, 0.6) is 5.88 Å². The number of pyridine rings is 2. The highest BCUT2D eigenvalue weighted by atomic mass is 19.4. The van der Waals surface area contributed by atoms with E-state index in [1.54, 1.807) is 39.8 Å². The molecule has 0 saturated carbocycles. The second-order valence-electron chi connectivity index (χ2n) is 7.33. The van der Waals surface area contributed by atoms with Crippen LogP contribution in [-0.2, 0) is 11.2 Å². The summed E-state index contributed by atoms with van der Waals surface area (Å²) in [7, 11) is 0. The molecule has 1 amide bonds. The van der Waals surface area contributed by atoms with Gasteiger partial charge in [-0.3, -0.25) is 9.59 Å². The Labute approximate surface area is 172 Å². The number of amides is 1. The molecular weight excluding hydrogens is 399 g/mol. The standard InChI is InChI=1S/C21H24F3N3O3/c1-12(2)20(29)27-18-10-15(9-14(4)25-18)17(28)6-5-16-7-13(3)8-19(26-16)30-11-21(22,23)24/h7-10,12H,5-6,11H2,1-4H3,(H,25,27,29). The number of hydrogen-bond donors (Lipinski definition) is 1. The molecule has 0 aliphatic carbocycles. The fraction of sp³-hybridized carbons (Fsp3) is 0.429. The van der Waals surface area contributed by atoms with Crippen LogP contribution < -0.4 is 10.1 Å². The quantitative estimate of drug-likeness (QED) is 0.635. The minimum atomic E-state index is -4.45. The van der Waals surface area contributed by atoms with Gasteiger partial charge in [0.15, 0.2) is 12.4 Å². The lowest BCUT2D eigenvalue weighted by Crippen LogP contribution is -2.20. The molecule has 0 unspecified atom stereocenters. The van der Waals surface area contributed by atoms with E-state index < -0.39 is 12.8 Å². The van der Waals surface area contributed by atoms with Crippen LogP contribution in [0.3, 0.4) is 0 Å². The molecule has 2 aromatic rings. The second-order valence-corrected chi connectivity index (χ2v) is 7.33. The number of ether oxygens (including phenoxy) is 1. The number of hydrogen-bond acceptors (Lipinski definition) is 5. The summed E-state index contributed by atoms with van der Waals surface area (Å²) in [6, 6.07) is 6.23. The van der Waals surface area contributed by atoms with Crippen molar-refractivity contribution in [2.24, 2.45) is 5.92 Å². The largest absolute Gasteiger partial charge is 0.468 e. The van der Waals surface area contributed by atoms with Crippen molar-refractivity contribution in [3.05, 3.63) is 46.8 Å². The summed E-state index contributed by atoms with van der Waals surface area (Å²) in [5.41, 5.74) is 2.11. The molecule has 1 N–H and O–H groups in total. The van der Waals surface area contributed by atoms with Gasteiger partial charge in [-0.2, -0.15) is 13.2 Å². The van der Waals surface area contributed by atoms with E-state index in [0.29, 0.717) is 28.3 Å². The Kier molecular flexibility index (Phi) is 7.53. The molecule has 0 aliphatic rings. The molecule has 162 valence electrons. The van der Waals surface area contributed by atoms with Crippen molar-refractivity contribution in [2.45, 2.75) is 46.7 Å². The van der Waals surface area contributed by atoms with E-state index in [1.165, 1.54) is 12.1 Å². The molecule has 0 aliphatic heterocycles. The molecule has 30 heavy (non-hydrogen) atoms. The third kappa shape index (κ3) is 7.46. The number of aromatic nitrogens is 2. The molecule has 0 bridgehead atoms. The lowest BCUT2D eigenvalue weighted by atomic mass is 10.0. The van der Waals surface area contributed by atoms with Crippen molar-refractivity contribution in [1.29, 1.82) is 0 Å². The number of anilines is 1. The number of aryl methyl sites for hydroxylation is 3. The van der Waals surface area contributed by atoms with Crippen molar-refractivity contribution < 1.29 is 27.5 Å². The van der Waals surface area contributed by atoms with Gasteiger partial charge < -0.3 is 10.1 Å². The van der Waals surface area contributed by atoms with Crippen molar-refractivity contribution in [3.63, 3.8) is 0 Å². The summed E-state index contributed by atoms with van der Waals surface area (Å²) in [6.45, 7) is 5.50. The van der Waals surface area contributed by atoms with Crippen LogP contribution in [0.1, 0.15) is 47.6 Å². The summed E-state index contributed by atoms with van der Waals surface area (Å²) in [5.74, 6) is -0.460.